The van der Waals surface area contributed by atoms with Gasteiger partial charge >= 0.3 is 0 Å². The molecule has 1 fully saturated rings. The molecular weight excluding hydrogens is 256 g/mol. The number of carbonyl (C=O) groups is 1. The number of hydrogen-bond donors (Lipinski definition) is 1. The lowest BCUT2D eigenvalue weighted by Gasteiger charge is -2.27. The van der Waals surface area contributed by atoms with Crippen molar-refractivity contribution in [3.05, 3.63) is 0 Å². The first-order chi connectivity index (χ1) is 9.67. The lowest BCUT2D eigenvalue weighted by Crippen LogP contribution is -2.43. The Labute approximate surface area is 123 Å². The standard InChI is InChI=1S/C15H30N2O3/c1-5-7-9-13-15(18)17(14(16-13)8-6-2)10-12(20-4)11-19-3/h12-14,16H,5-11H2,1-4H3. The van der Waals surface area contributed by atoms with Gasteiger partial charge in [-0.3, -0.25) is 10.1 Å². The number of nitrogens with zero attached hydrogens (tertiary/aromatic N) is 1. The zero-order chi connectivity index (χ0) is 15.0. The quantitative estimate of drug-likeness (QED) is 0.665. The highest BCUT2D eigenvalue weighted by molar-refractivity contribution is 5.84. The molecule has 1 heterocycles. The van der Waals surface area contributed by atoms with Crippen LogP contribution in [-0.2, 0) is 14.3 Å². The highest BCUT2D eigenvalue weighted by atomic mass is 16.5. The Hall–Kier alpha value is -0.650. The van der Waals surface area contributed by atoms with E-state index in [0.29, 0.717) is 13.2 Å². The third-order valence-corrected chi connectivity index (χ3v) is 3.85. The summed E-state index contributed by atoms with van der Waals surface area (Å²) < 4.78 is 10.5. The molecule has 3 atom stereocenters. The lowest BCUT2D eigenvalue weighted by atomic mass is 10.1. The van der Waals surface area contributed by atoms with Crippen molar-refractivity contribution in [2.24, 2.45) is 0 Å². The molecule has 1 rings (SSSR count). The van der Waals surface area contributed by atoms with Gasteiger partial charge in [-0.15, -0.1) is 0 Å². The Kier molecular flexibility index (Phi) is 8.11. The number of hydrogen-bond acceptors (Lipinski definition) is 4. The van der Waals surface area contributed by atoms with Gasteiger partial charge in [0.15, 0.2) is 0 Å². The monoisotopic (exact) mass is 286 g/mol. The van der Waals surface area contributed by atoms with Crippen molar-refractivity contribution in [3.63, 3.8) is 0 Å². The van der Waals surface area contributed by atoms with E-state index >= 15 is 0 Å². The second kappa shape index (κ2) is 9.32. The van der Waals surface area contributed by atoms with Gasteiger partial charge in [-0.2, -0.15) is 0 Å². The topological polar surface area (TPSA) is 50.8 Å². The van der Waals surface area contributed by atoms with Gasteiger partial charge in [0.1, 0.15) is 0 Å². The van der Waals surface area contributed by atoms with E-state index in [1.807, 2.05) is 4.90 Å². The molecule has 1 amide bonds. The molecule has 5 nitrogen and oxygen atoms in total. The third kappa shape index (κ3) is 4.72. The maximum Gasteiger partial charge on any atom is 0.241 e. The summed E-state index contributed by atoms with van der Waals surface area (Å²) in [4.78, 5) is 14.5. The second-order valence-electron chi connectivity index (χ2n) is 5.47. The van der Waals surface area contributed by atoms with Crippen LogP contribution in [0.3, 0.4) is 0 Å². The third-order valence-electron chi connectivity index (χ3n) is 3.85. The van der Waals surface area contributed by atoms with Crippen LogP contribution in [0, 0.1) is 0 Å². The number of ether oxygens (including phenoxy) is 2. The zero-order valence-electron chi connectivity index (χ0n) is 13.4. The van der Waals surface area contributed by atoms with E-state index in [4.69, 9.17) is 9.47 Å². The maximum atomic E-state index is 12.5. The van der Waals surface area contributed by atoms with E-state index in [1.54, 1.807) is 14.2 Å². The van der Waals surface area contributed by atoms with Crippen LogP contribution in [0.2, 0.25) is 0 Å². The molecule has 5 heteroatoms. The summed E-state index contributed by atoms with van der Waals surface area (Å²) in [6, 6.07) is -0.0217. The highest BCUT2D eigenvalue weighted by Gasteiger charge is 2.38. The normalized spacial score (nSPS) is 24.4. The Balaban J connectivity index is 2.65. The largest absolute Gasteiger partial charge is 0.382 e. The van der Waals surface area contributed by atoms with Crippen LogP contribution < -0.4 is 5.32 Å². The Morgan fingerprint density at radius 1 is 1.25 bits per heavy atom. The molecule has 0 aliphatic carbocycles. The molecule has 0 aromatic rings. The van der Waals surface area contributed by atoms with Crippen molar-refractivity contribution in [1.82, 2.24) is 10.2 Å². The van der Waals surface area contributed by atoms with E-state index in [9.17, 15) is 4.79 Å². The van der Waals surface area contributed by atoms with E-state index in [2.05, 4.69) is 19.2 Å². The molecule has 1 aliphatic heterocycles. The van der Waals surface area contributed by atoms with Gasteiger partial charge in [-0.1, -0.05) is 33.1 Å². The molecule has 0 aromatic carbocycles. The Morgan fingerprint density at radius 3 is 2.55 bits per heavy atom. The van der Waals surface area contributed by atoms with Crippen LogP contribution in [0.1, 0.15) is 46.0 Å². The minimum atomic E-state index is -0.0602. The zero-order valence-corrected chi connectivity index (χ0v) is 13.4. The first-order valence-electron chi connectivity index (χ1n) is 7.76. The van der Waals surface area contributed by atoms with Gasteiger partial charge in [-0.25, -0.2) is 0 Å². The number of carbonyl (C=O) groups excluding carboxylic acids is 1. The van der Waals surface area contributed by atoms with Crippen molar-refractivity contribution in [2.75, 3.05) is 27.4 Å². The van der Waals surface area contributed by atoms with Gasteiger partial charge < -0.3 is 14.4 Å². The molecule has 1 saturated heterocycles. The smallest absolute Gasteiger partial charge is 0.241 e. The highest BCUT2D eigenvalue weighted by Crippen LogP contribution is 2.19. The van der Waals surface area contributed by atoms with E-state index in [1.165, 1.54) is 0 Å². The van der Waals surface area contributed by atoms with E-state index < -0.39 is 0 Å². The number of amides is 1. The Morgan fingerprint density at radius 2 is 2.00 bits per heavy atom. The first kappa shape index (κ1) is 17.4. The Bertz CT molecular complexity index is 286. The summed E-state index contributed by atoms with van der Waals surface area (Å²) in [5.41, 5.74) is 0. The molecule has 20 heavy (non-hydrogen) atoms. The number of methoxy groups -OCH3 is 2. The van der Waals surface area contributed by atoms with Crippen LogP contribution in [0.5, 0.6) is 0 Å². The van der Waals surface area contributed by atoms with Crippen LogP contribution in [0.25, 0.3) is 0 Å². The minimum Gasteiger partial charge on any atom is -0.382 e. The molecule has 0 radical (unpaired) electrons. The maximum absolute atomic E-state index is 12.5. The average Bonchev–Trinajstić information content (AvgIpc) is 2.73. The molecule has 0 aromatic heterocycles. The fraction of sp³-hybridized carbons (Fsp3) is 0.933. The van der Waals surface area contributed by atoms with Gasteiger partial charge in [0, 0.05) is 14.2 Å². The van der Waals surface area contributed by atoms with Crippen LogP contribution in [0.15, 0.2) is 0 Å². The van der Waals surface area contributed by atoms with E-state index in [-0.39, 0.29) is 24.2 Å². The van der Waals surface area contributed by atoms with Gasteiger partial charge in [0.25, 0.3) is 0 Å². The molecule has 1 aliphatic rings. The summed E-state index contributed by atoms with van der Waals surface area (Å²) in [5, 5.41) is 3.48. The predicted molar refractivity (Wildman–Crippen MR) is 79.5 cm³/mol. The fourth-order valence-electron chi connectivity index (χ4n) is 2.69. The molecule has 0 spiro atoms. The molecule has 0 bridgehead atoms. The molecule has 0 saturated carbocycles. The summed E-state index contributed by atoms with van der Waals surface area (Å²) >= 11 is 0. The van der Waals surface area contributed by atoms with Crippen molar-refractivity contribution in [3.8, 4) is 0 Å². The number of rotatable bonds is 10. The SMILES string of the molecule is CCCCC1NC(CCC)N(CC(COC)OC)C1=O. The second-order valence-corrected chi connectivity index (χ2v) is 5.47. The van der Waals surface area contributed by atoms with Gasteiger partial charge in [0.05, 0.1) is 31.5 Å². The molecule has 1 N–H and O–H groups in total. The minimum absolute atomic E-state index is 0.0217. The summed E-state index contributed by atoms with van der Waals surface area (Å²) in [5.74, 6) is 0.218. The lowest BCUT2D eigenvalue weighted by molar-refractivity contribution is -0.132. The van der Waals surface area contributed by atoms with Crippen molar-refractivity contribution < 1.29 is 14.3 Å². The van der Waals surface area contributed by atoms with Crippen LogP contribution in [0.4, 0.5) is 0 Å². The van der Waals surface area contributed by atoms with Gasteiger partial charge in [-0.05, 0) is 12.8 Å². The fourth-order valence-corrected chi connectivity index (χ4v) is 2.69. The van der Waals surface area contributed by atoms with Crippen molar-refractivity contribution >= 4 is 5.91 Å². The number of nitrogens with one attached hydrogen (secondary N) is 1. The molecule has 3 unspecified atom stereocenters. The average molecular weight is 286 g/mol. The van der Waals surface area contributed by atoms with Gasteiger partial charge in [0.2, 0.25) is 5.91 Å². The van der Waals surface area contributed by atoms with Crippen molar-refractivity contribution in [1.29, 1.82) is 0 Å². The summed E-state index contributed by atoms with van der Waals surface area (Å²) in [6.07, 6.45) is 5.25. The molecular formula is C15H30N2O3. The summed E-state index contributed by atoms with van der Waals surface area (Å²) in [7, 11) is 3.32. The summed E-state index contributed by atoms with van der Waals surface area (Å²) in [6.45, 7) is 5.41. The van der Waals surface area contributed by atoms with Crippen LogP contribution in [-0.4, -0.2) is 56.5 Å². The number of unbranched alkanes of at least 4 members (excludes halogenated alkanes) is 1. The first-order valence-corrected chi connectivity index (χ1v) is 7.76. The van der Waals surface area contributed by atoms with E-state index in [0.717, 1.165) is 32.1 Å². The van der Waals surface area contributed by atoms with Crippen LogP contribution >= 0.6 is 0 Å². The predicted octanol–water partition coefficient (Wildman–Crippen LogP) is 1.76. The van der Waals surface area contributed by atoms with Crippen molar-refractivity contribution in [2.45, 2.75) is 64.3 Å². The molecule has 118 valence electrons.